The van der Waals surface area contributed by atoms with Gasteiger partial charge in [-0.3, -0.25) is 0 Å². The zero-order valence-corrected chi connectivity index (χ0v) is 20.8. The Morgan fingerprint density at radius 3 is 2.00 bits per heavy atom. The second kappa shape index (κ2) is 11.0. The minimum Gasteiger partial charge on any atom is -1.00 e. The summed E-state index contributed by atoms with van der Waals surface area (Å²) in [5.41, 5.74) is 5.53. The number of rotatable bonds is 5. The predicted molar refractivity (Wildman–Crippen MR) is 127 cm³/mol. The van der Waals surface area contributed by atoms with E-state index in [1.165, 1.54) is 6.07 Å². The number of hydrogen-bond donors (Lipinski definition) is 2. The molecule has 0 aromatic heterocycles. The molecule has 33 heavy (non-hydrogen) atoms. The number of phenolic OH excluding ortho intramolecular Hbond substituents is 2. The molecule has 4 aromatic rings. The molecule has 0 amide bonds. The van der Waals surface area contributed by atoms with Crippen molar-refractivity contribution in [3.63, 3.8) is 0 Å². The van der Waals surface area contributed by atoms with Gasteiger partial charge in [0.1, 0.15) is 5.75 Å². The van der Waals surface area contributed by atoms with Crippen LogP contribution in [-0.4, -0.2) is 10.2 Å². The zero-order valence-electron chi connectivity index (χ0n) is 19.8. The van der Waals surface area contributed by atoms with Crippen molar-refractivity contribution in [1.82, 2.24) is 0 Å². The third-order valence-electron chi connectivity index (χ3n) is 4.96. The first kappa shape index (κ1) is 24.3. The van der Waals surface area contributed by atoms with Gasteiger partial charge in [-0.05, 0) is 67.4 Å². The average molecular weight is 446 g/mol. The van der Waals surface area contributed by atoms with E-state index in [9.17, 15) is 10.2 Å². The van der Waals surface area contributed by atoms with Crippen LogP contribution < -0.4 is 29.6 Å². The number of hydrogen-bond acceptors (Lipinski definition) is 6. The molecular formula is C26H23N4NaO2. The van der Waals surface area contributed by atoms with Gasteiger partial charge in [0.15, 0.2) is 11.4 Å². The topological polar surface area (TPSA) is 89.9 Å². The third kappa shape index (κ3) is 5.93. The predicted octanol–water partition coefficient (Wildman–Crippen LogP) is 5.33. The Balaban J connectivity index is 0.00000204. The minimum absolute atomic E-state index is 0. The smallest absolute Gasteiger partial charge is 1.00 e. The first-order valence-corrected chi connectivity index (χ1v) is 10.1. The van der Waals surface area contributed by atoms with Gasteiger partial charge in [-0.2, -0.15) is 15.3 Å². The molecule has 0 saturated heterocycles. The molecule has 7 heteroatoms. The van der Waals surface area contributed by atoms with Crippen LogP contribution in [0.25, 0.3) is 11.1 Å². The quantitative estimate of drug-likeness (QED) is 0.321. The summed E-state index contributed by atoms with van der Waals surface area (Å²) in [5.74, 6) is -0.287. The van der Waals surface area contributed by atoms with Gasteiger partial charge < -0.3 is 11.6 Å². The van der Waals surface area contributed by atoms with Crippen LogP contribution in [0.4, 0.5) is 22.7 Å². The zero-order chi connectivity index (χ0) is 22.5. The van der Waals surface area contributed by atoms with Crippen LogP contribution in [-0.2, 0) is 0 Å². The molecule has 0 saturated carbocycles. The molecule has 0 heterocycles. The standard InChI is InChI=1S/C26H22N4O2.Na.H/c1-17-8-14-23(18(2)16-17)29-30-25-24(31)15-13-22(26(25)32)19-9-11-21(12-10-19)28-27-20-6-4-3-5-7-20;;/h3-16,31-32H,1-2H3;;/q;+1;-1. The van der Waals surface area contributed by atoms with Gasteiger partial charge in [0.05, 0.1) is 17.1 Å². The van der Waals surface area contributed by atoms with Crippen molar-refractivity contribution in [3.8, 4) is 22.6 Å². The molecule has 0 unspecified atom stereocenters. The number of aryl methyl sites for hydroxylation is 2. The van der Waals surface area contributed by atoms with Gasteiger partial charge in [0, 0.05) is 5.56 Å². The Morgan fingerprint density at radius 2 is 1.33 bits per heavy atom. The van der Waals surface area contributed by atoms with Crippen LogP contribution in [0.1, 0.15) is 12.6 Å². The number of azo groups is 2. The second-order valence-corrected chi connectivity index (χ2v) is 7.40. The minimum atomic E-state index is -0.145. The first-order valence-electron chi connectivity index (χ1n) is 10.1. The maximum Gasteiger partial charge on any atom is 1.00 e. The summed E-state index contributed by atoms with van der Waals surface area (Å²) in [4.78, 5) is 0. The van der Waals surface area contributed by atoms with E-state index in [-0.39, 0.29) is 48.2 Å². The summed E-state index contributed by atoms with van der Waals surface area (Å²) in [7, 11) is 0. The second-order valence-electron chi connectivity index (χ2n) is 7.40. The van der Waals surface area contributed by atoms with E-state index in [1.807, 2.05) is 86.6 Å². The molecule has 0 aliphatic carbocycles. The average Bonchev–Trinajstić information content (AvgIpc) is 2.80. The van der Waals surface area contributed by atoms with Gasteiger partial charge in [-0.25, -0.2) is 0 Å². The molecule has 0 atom stereocenters. The van der Waals surface area contributed by atoms with Crippen molar-refractivity contribution in [2.45, 2.75) is 13.8 Å². The number of aromatic hydroxyl groups is 2. The van der Waals surface area contributed by atoms with Gasteiger partial charge in [0.2, 0.25) is 0 Å². The van der Waals surface area contributed by atoms with E-state index in [1.54, 1.807) is 6.07 Å². The molecule has 2 N–H and O–H groups in total. The normalized spacial score (nSPS) is 11.1. The summed E-state index contributed by atoms with van der Waals surface area (Å²) in [5, 5.41) is 37.8. The van der Waals surface area contributed by atoms with Crippen molar-refractivity contribution in [2.24, 2.45) is 20.5 Å². The van der Waals surface area contributed by atoms with Crippen molar-refractivity contribution in [3.05, 3.63) is 96.1 Å². The van der Waals surface area contributed by atoms with Crippen LogP contribution in [0.5, 0.6) is 11.5 Å². The van der Waals surface area contributed by atoms with Crippen molar-refractivity contribution < 1.29 is 41.2 Å². The number of nitrogens with zero attached hydrogens (tertiary/aromatic N) is 4. The largest absolute Gasteiger partial charge is 1.00 e. The molecule has 160 valence electrons. The van der Waals surface area contributed by atoms with Gasteiger partial charge in [-0.1, -0.05) is 48.0 Å². The Morgan fingerprint density at radius 1 is 0.667 bits per heavy atom. The number of benzene rings is 4. The van der Waals surface area contributed by atoms with E-state index < -0.39 is 0 Å². The van der Waals surface area contributed by atoms with E-state index >= 15 is 0 Å². The maximum atomic E-state index is 10.8. The summed E-state index contributed by atoms with van der Waals surface area (Å²) < 4.78 is 0. The van der Waals surface area contributed by atoms with E-state index in [4.69, 9.17) is 0 Å². The van der Waals surface area contributed by atoms with Crippen LogP contribution in [0.15, 0.2) is 105 Å². The Hall–Kier alpha value is -3.32. The van der Waals surface area contributed by atoms with Crippen LogP contribution >= 0.6 is 0 Å². The Kier molecular flexibility index (Phi) is 8.11. The fourth-order valence-corrected chi connectivity index (χ4v) is 3.24. The van der Waals surface area contributed by atoms with Crippen LogP contribution in [0.2, 0.25) is 0 Å². The maximum absolute atomic E-state index is 10.8. The number of phenols is 2. The summed E-state index contributed by atoms with van der Waals surface area (Å²) in [6.45, 7) is 3.94. The monoisotopic (exact) mass is 446 g/mol. The molecular weight excluding hydrogens is 423 g/mol. The Labute approximate surface area is 216 Å². The molecule has 0 aliphatic rings. The summed E-state index contributed by atoms with van der Waals surface area (Å²) >= 11 is 0. The van der Waals surface area contributed by atoms with Crippen molar-refractivity contribution >= 4 is 22.7 Å². The molecule has 0 radical (unpaired) electrons. The van der Waals surface area contributed by atoms with Crippen molar-refractivity contribution in [2.75, 3.05) is 0 Å². The summed E-state index contributed by atoms with van der Waals surface area (Å²) in [6, 6.07) is 25.7. The SMILES string of the molecule is Cc1ccc(N=Nc2c(O)ccc(-c3ccc(N=Nc4ccccc4)cc3)c2O)c(C)c1.[H-].[Na+]. The van der Waals surface area contributed by atoms with E-state index in [0.29, 0.717) is 16.9 Å². The molecule has 0 bridgehead atoms. The fourth-order valence-electron chi connectivity index (χ4n) is 3.24. The van der Waals surface area contributed by atoms with Crippen LogP contribution in [0, 0.1) is 13.8 Å². The molecule has 0 fully saturated rings. The molecule has 4 rings (SSSR count). The van der Waals surface area contributed by atoms with Gasteiger partial charge >= 0.3 is 29.6 Å². The van der Waals surface area contributed by atoms with Crippen molar-refractivity contribution in [1.29, 1.82) is 0 Å². The first-order chi connectivity index (χ1) is 15.5. The third-order valence-corrected chi connectivity index (χ3v) is 4.96. The van der Waals surface area contributed by atoms with E-state index in [0.717, 1.165) is 22.4 Å². The fraction of sp³-hybridized carbons (Fsp3) is 0.0769. The van der Waals surface area contributed by atoms with Gasteiger partial charge in [-0.15, -0.1) is 5.11 Å². The molecule has 4 aromatic carbocycles. The van der Waals surface area contributed by atoms with E-state index in [2.05, 4.69) is 20.5 Å². The Bertz CT molecular complexity index is 1310. The summed E-state index contributed by atoms with van der Waals surface area (Å²) in [6.07, 6.45) is 0. The van der Waals surface area contributed by atoms with Crippen LogP contribution in [0.3, 0.4) is 0 Å². The van der Waals surface area contributed by atoms with Gasteiger partial charge in [0.25, 0.3) is 0 Å². The molecule has 0 spiro atoms. The molecule has 6 nitrogen and oxygen atoms in total. The molecule has 0 aliphatic heterocycles.